The van der Waals surface area contributed by atoms with Crippen molar-refractivity contribution in [2.24, 2.45) is 0 Å². The molecule has 0 saturated carbocycles. The van der Waals surface area contributed by atoms with E-state index in [2.05, 4.69) is 103 Å². The average Bonchev–Trinajstić information content (AvgIpc) is 3.30. The summed E-state index contributed by atoms with van der Waals surface area (Å²) in [6.45, 7) is 0. The second kappa shape index (κ2) is 10.3. The Labute approximate surface area is 248 Å². The minimum Gasteiger partial charge on any atom is -0.208 e. The molecule has 3 nitrogen and oxygen atoms in total. The van der Waals surface area contributed by atoms with Crippen molar-refractivity contribution in [1.29, 1.82) is 0 Å². The maximum Gasteiger partial charge on any atom is 0.164 e. The molecule has 42 heavy (non-hydrogen) atoms. The maximum absolute atomic E-state index is 5.08. The van der Waals surface area contributed by atoms with E-state index >= 15 is 0 Å². The van der Waals surface area contributed by atoms with Crippen LogP contribution in [0.2, 0.25) is 0 Å². The Hall–Kier alpha value is -5.28. The third kappa shape index (κ3) is 4.31. The van der Waals surface area contributed by atoms with E-state index in [0.717, 1.165) is 27.5 Å². The van der Waals surface area contributed by atoms with Gasteiger partial charge in [-0.15, -0.1) is 5.73 Å². The van der Waals surface area contributed by atoms with Crippen LogP contribution < -0.4 is 10.4 Å². The van der Waals surface area contributed by atoms with Gasteiger partial charge in [-0.25, -0.2) is 15.0 Å². The van der Waals surface area contributed by atoms with Crippen LogP contribution in [0.4, 0.5) is 0 Å². The van der Waals surface area contributed by atoms with Gasteiger partial charge in [0, 0.05) is 31.7 Å². The van der Waals surface area contributed by atoms with Crippen molar-refractivity contribution in [3.8, 4) is 45.3 Å². The first-order valence-corrected chi connectivity index (χ1v) is 14.7. The molecule has 2 aliphatic rings. The summed E-state index contributed by atoms with van der Waals surface area (Å²) in [5.41, 5.74) is 11.0. The zero-order chi connectivity index (χ0) is 27.9. The largest absolute Gasteiger partial charge is 0.208 e. The summed E-state index contributed by atoms with van der Waals surface area (Å²) >= 11 is 1.81. The molecule has 0 radical (unpaired) electrons. The molecule has 0 amide bonds. The summed E-state index contributed by atoms with van der Waals surface area (Å²) < 4.78 is 0. The first kappa shape index (κ1) is 24.5. The van der Waals surface area contributed by atoms with Gasteiger partial charge in [0.15, 0.2) is 17.5 Å². The summed E-state index contributed by atoms with van der Waals surface area (Å²) in [6.07, 6.45) is 6.21. The van der Waals surface area contributed by atoms with Crippen LogP contribution in [0.3, 0.4) is 0 Å². The normalized spacial score (nSPS) is 12.7. The molecule has 0 N–H and O–H groups in total. The Kier molecular flexibility index (Phi) is 6.00. The van der Waals surface area contributed by atoms with E-state index < -0.39 is 0 Å². The topological polar surface area (TPSA) is 38.7 Å². The minimum atomic E-state index is 0.648. The highest BCUT2D eigenvalue weighted by atomic mass is 32.2. The molecule has 0 saturated heterocycles. The Morgan fingerprint density at radius 3 is 1.83 bits per heavy atom. The van der Waals surface area contributed by atoms with Crippen LogP contribution in [-0.4, -0.2) is 15.0 Å². The van der Waals surface area contributed by atoms with Gasteiger partial charge in [0.25, 0.3) is 0 Å². The van der Waals surface area contributed by atoms with Gasteiger partial charge in [0.05, 0.1) is 0 Å². The first-order valence-electron chi connectivity index (χ1n) is 13.9. The number of nitrogens with zero attached hydrogens (tertiary/aromatic N) is 3. The van der Waals surface area contributed by atoms with E-state index in [-0.39, 0.29) is 0 Å². The quantitative estimate of drug-likeness (QED) is 0.210. The first-order chi connectivity index (χ1) is 20.8. The van der Waals surface area contributed by atoms with Crippen molar-refractivity contribution < 1.29 is 0 Å². The molecule has 0 unspecified atom stereocenters. The van der Waals surface area contributed by atoms with Crippen molar-refractivity contribution in [1.82, 2.24) is 15.0 Å². The number of hydrogen-bond donors (Lipinski definition) is 0. The van der Waals surface area contributed by atoms with E-state index in [1.54, 1.807) is 11.8 Å². The molecule has 5 aromatic carbocycles. The van der Waals surface area contributed by atoms with Gasteiger partial charge in [0.1, 0.15) is 0 Å². The van der Waals surface area contributed by atoms with E-state index in [1.807, 2.05) is 42.5 Å². The monoisotopic (exact) mass is 553 g/mol. The van der Waals surface area contributed by atoms with Crippen LogP contribution in [0.1, 0.15) is 5.56 Å². The summed E-state index contributed by atoms with van der Waals surface area (Å²) in [5.74, 6) is 1.95. The third-order valence-electron chi connectivity index (χ3n) is 7.61. The number of rotatable bonds is 4. The van der Waals surface area contributed by atoms with Gasteiger partial charge >= 0.3 is 0 Å². The highest BCUT2D eigenvalue weighted by Crippen LogP contribution is 2.36. The predicted molar refractivity (Wildman–Crippen MR) is 171 cm³/mol. The molecule has 0 atom stereocenters. The Bertz CT molecular complexity index is 2180. The number of aromatic nitrogens is 3. The molecule has 0 fully saturated rings. The maximum atomic E-state index is 5.08. The molecule has 196 valence electrons. The molecule has 8 rings (SSSR count). The fraction of sp³-hybridized carbons (Fsp3) is 0. The van der Waals surface area contributed by atoms with Crippen molar-refractivity contribution in [2.75, 3.05) is 0 Å². The third-order valence-corrected chi connectivity index (χ3v) is 8.74. The van der Waals surface area contributed by atoms with Crippen LogP contribution in [0.5, 0.6) is 0 Å². The number of allylic oxidation sites excluding steroid dienone is 1. The van der Waals surface area contributed by atoms with Crippen LogP contribution >= 0.6 is 11.8 Å². The minimum absolute atomic E-state index is 0.648. The number of hydrogen-bond acceptors (Lipinski definition) is 4. The van der Waals surface area contributed by atoms with E-state index in [1.165, 1.54) is 31.7 Å². The molecule has 4 heteroatoms. The molecule has 2 heterocycles. The van der Waals surface area contributed by atoms with Crippen molar-refractivity contribution >= 4 is 23.4 Å². The van der Waals surface area contributed by atoms with Crippen molar-refractivity contribution in [3.63, 3.8) is 0 Å². The molecular weight excluding hydrogens is 531 g/mol. The van der Waals surface area contributed by atoms with Gasteiger partial charge < -0.3 is 0 Å². The van der Waals surface area contributed by atoms with Gasteiger partial charge in [-0.2, -0.15) is 0 Å². The summed E-state index contributed by atoms with van der Waals surface area (Å²) in [4.78, 5) is 17.6. The molecule has 6 aromatic rings. The Morgan fingerprint density at radius 2 is 1.07 bits per heavy atom. The van der Waals surface area contributed by atoms with Gasteiger partial charge in [-0.3, -0.25) is 0 Å². The predicted octanol–water partition coefficient (Wildman–Crippen LogP) is 7.71. The molecule has 0 bridgehead atoms. The average molecular weight is 554 g/mol. The highest BCUT2D eigenvalue weighted by molar-refractivity contribution is 7.99. The van der Waals surface area contributed by atoms with Gasteiger partial charge in [0.2, 0.25) is 0 Å². The van der Waals surface area contributed by atoms with Crippen molar-refractivity contribution in [2.45, 2.75) is 9.79 Å². The summed E-state index contributed by atoms with van der Waals surface area (Å²) in [5, 5.41) is 2.30. The SMILES string of the molecule is C1=CC=c2c(-c3nc(-c4ccccc4)nc(-c4ccc(-c5ccccc5)cc4)n3)ccc3c2=C(C=1)c1ccccc1S3. The fourth-order valence-corrected chi connectivity index (χ4v) is 6.69. The summed E-state index contributed by atoms with van der Waals surface area (Å²) in [7, 11) is 0. The Morgan fingerprint density at radius 1 is 0.476 bits per heavy atom. The van der Waals surface area contributed by atoms with Crippen molar-refractivity contribution in [3.05, 3.63) is 155 Å². The summed E-state index contributed by atoms with van der Waals surface area (Å²) in [6, 6.07) is 41.9. The molecule has 1 aliphatic carbocycles. The second-order valence-electron chi connectivity index (χ2n) is 10.2. The lowest BCUT2D eigenvalue weighted by atomic mass is 9.99. The van der Waals surface area contributed by atoms with Crippen LogP contribution in [0, 0.1) is 0 Å². The number of fused-ring (bicyclic) bond motifs is 2. The molecular formula is C38H23N3S. The second-order valence-corrected chi connectivity index (χ2v) is 11.3. The number of benzene rings is 5. The fourth-order valence-electron chi connectivity index (χ4n) is 5.56. The van der Waals surface area contributed by atoms with E-state index in [9.17, 15) is 0 Å². The van der Waals surface area contributed by atoms with Crippen LogP contribution in [0.15, 0.2) is 149 Å². The lowest BCUT2D eigenvalue weighted by molar-refractivity contribution is 1.07. The van der Waals surface area contributed by atoms with E-state index in [0.29, 0.717) is 17.5 Å². The zero-order valence-corrected chi connectivity index (χ0v) is 23.3. The smallest absolute Gasteiger partial charge is 0.164 e. The lowest BCUT2D eigenvalue weighted by Crippen LogP contribution is -2.32. The van der Waals surface area contributed by atoms with E-state index in [4.69, 9.17) is 15.0 Å². The Balaban J connectivity index is 1.34. The van der Waals surface area contributed by atoms with Gasteiger partial charge in [-0.05, 0) is 63.9 Å². The van der Waals surface area contributed by atoms with Crippen LogP contribution in [0.25, 0.3) is 56.9 Å². The molecule has 1 aliphatic heterocycles. The molecule has 0 spiro atoms. The highest BCUT2D eigenvalue weighted by Gasteiger charge is 2.20. The standard InChI is InChI=1S/C38H23N3S/c1-3-11-25(12-4-1)26-19-21-28(22-20-26)37-39-36(27-13-5-2-6-14-27)40-38(41-37)32-23-24-34-35-30(16-7-8-17-31(32)35)29-15-9-10-18-33(29)42-34/h1-6,8-24H. The van der Waals surface area contributed by atoms with Crippen LogP contribution in [-0.2, 0) is 0 Å². The zero-order valence-electron chi connectivity index (χ0n) is 22.5. The molecule has 1 aromatic heterocycles. The van der Waals surface area contributed by atoms with Gasteiger partial charge in [-0.1, -0.05) is 115 Å². The lowest BCUT2D eigenvalue weighted by Gasteiger charge is -2.18.